The number of carbonyl (C=O) groups excluding carboxylic acids is 2. The molecule has 29 heavy (non-hydrogen) atoms. The first-order chi connectivity index (χ1) is 14.0. The molecule has 0 aliphatic rings. The van der Waals surface area contributed by atoms with Gasteiger partial charge in [0.2, 0.25) is 5.78 Å². The van der Waals surface area contributed by atoms with E-state index in [0.717, 1.165) is 0 Å². The summed E-state index contributed by atoms with van der Waals surface area (Å²) in [5.74, 6) is 0.437. The van der Waals surface area contributed by atoms with Crippen LogP contribution in [0.4, 0.5) is 5.69 Å². The van der Waals surface area contributed by atoms with Gasteiger partial charge in [-0.1, -0.05) is 23.7 Å². The van der Waals surface area contributed by atoms with Gasteiger partial charge in [-0.25, -0.2) is 4.98 Å². The smallest absolute Gasteiger partial charge is 0.291 e. The van der Waals surface area contributed by atoms with E-state index in [-0.39, 0.29) is 11.5 Å². The lowest BCUT2D eigenvalue weighted by Crippen LogP contribution is -2.12. The largest absolute Gasteiger partial charge is 0.451 e. The molecule has 1 N–H and O–H groups in total. The van der Waals surface area contributed by atoms with Crippen LogP contribution in [0.1, 0.15) is 26.7 Å². The molecular weight excluding hydrogens is 390 g/mol. The molecule has 0 saturated heterocycles. The van der Waals surface area contributed by atoms with Crippen molar-refractivity contribution in [3.05, 3.63) is 95.2 Å². The second-order valence-corrected chi connectivity index (χ2v) is 6.77. The zero-order valence-electron chi connectivity index (χ0n) is 15.4. The molecule has 4 rings (SSSR count). The van der Waals surface area contributed by atoms with Gasteiger partial charge >= 0.3 is 0 Å². The molecule has 2 aromatic heterocycles. The third-order valence-electron chi connectivity index (χ3n) is 4.40. The number of rotatable bonds is 5. The normalized spacial score (nSPS) is 10.7. The molecule has 0 radical (unpaired) electrons. The lowest BCUT2D eigenvalue weighted by molar-refractivity contribution is 0.0996. The number of benzene rings is 2. The number of imidazole rings is 1. The molecule has 0 bridgehead atoms. The number of amides is 1. The summed E-state index contributed by atoms with van der Waals surface area (Å²) in [7, 11) is 1.76. The number of aromatic nitrogens is 2. The minimum absolute atomic E-state index is 0.160. The van der Waals surface area contributed by atoms with Gasteiger partial charge in [-0.2, -0.15) is 0 Å². The van der Waals surface area contributed by atoms with Crippen LogP contribution in [-0.4, -0.2) is 21.2 Å². The Morgan fingerprint density at radius 1 is 1.03 bits per heavy atom. The Balaban J connectivity index is 1.47. The van der Waals surface area contributed by atoms with Crippen molar-refractivity contribution in [2.45, 2.75) is 0 Å². The van der Waals surface area contributed by atoms with Crippen molar-refractivity contribution in [1.29, 1.82) is 0 Å². The third kappa shape index (κ3) is 3.83. The number of carbonyl (C=O) groups is 2. The summed E-state index contributed by atoms with van der Waals surface area (Å²) in [5.41, 5.74) is 1.74. The van der Waals surface area contributed by atoms with Crippen LogP contribution in [0.25, 0.3) is 11.3 Å². The van der Waals surface area contributed by atoms with Gasteiger partial charge in [-0.15, -0.1) is 0 Å². The Bertz CT molecular complexity index is 1190. The maximum absolute atomic E-state index is 12.5. The van der Waals surface area contributed by atoms with E-state index >= 15 is 0 Å². The van der Waals surface area contributed by atoms with Crippen LogP contribution in [0, 0.1) is 0 Å². The summed E-state index contributed by atoms with van der Waals surface area (Å²) in [5, 5.41) is 3.30. The summed E-state index contributed by atoms with van der Waals surface area (Å²) in [4.78, 5) is 29.0. The van der Waals surface area contributed by atoms with E-state index in [1.807, 2.05) is 18.2 Å². The van der Waals surface area contributed by atoms with Gasteiger partial charge < -0.3 is 14.3 Å². The van der Waals surface area contributed by atoms with Gasteiger partial charge in [-0.3, -0.25) is 9.59 Å². The maximum Gasteiger partial charge on any atom is 0.291 e. The number of hydrogen-bond donors (Lipinski definition) is 1. The highest BCUT2D eigenvalue weighted by molar-refractivity contribution is 6.33. The quantitative estimate of drug-likeness (QED) is 0.483. The Morgan fingerprint density at radius 3 is 2.48 bits per heavy atom. The summed E-state index contributed by atoms with van der Waals surface area (Å²) < 4.78 is 7.31. The Morgan fingerprint density at radius 2 is 1.79 bits per heavy atom. The van der Waals surface area contributed by atoms with Crippen LogP contribution in [-0.2, 0) is 7.05 Å². The van der Waals surface area contributed by atoms with E-state index in [2.05, 4.69) is 10.3 Å². The summed E-state index contributed by atoms with van der Waals surface area (Å²) in [6.45, 7) is 0. The van der Waals surface area contributed by atoms with Crippen LogP contribution in [0.2, 0.25) is 5.02 Å². The highest BCUT2D eigenvalue weighted by Crippen LogP contribution is 2.29. The van der Waals surface area contributed by atoms with Crippen LogP contribution in [0.15, 0.2) is 77.5 Å². The van der Waals surface area contributed by atoms with Gasteiger partial charge in [0.1, 0.15) is 5.76 Å². The summed E-state index contributed by atoms with van der Waals surface area (Å²) in [6.07, 6.45) is 3.28. The SMILES string of the molecule is Cn1ccnc1C(=O)c1ccc(NC(=O)c2ccc(-c3ccccc3Cl)o2)cc1. The molecule has 0 spiro atoms. The van der Waals surface area contributed by atoms with Gasteiger partial charge in [0.05, 0.1) is 5.02 Å². The molecule has 0 aliphatic heterocycles. The Labute approximate surface area is 171 Å². The predicted octanol–water partition coefficient (Wildman–Crippen LogP) is 4.82. The fraction of sp³-hybridized carbons (Fsp3) is 0.0455. The Hall–Kier alpha value is -3.64. The molecule has 2 aromatic carbocycles. The first-order valence-electron chi connectivity index (χ1n) is 8.81. The van der Waals surface area contributed by atoms with Gasteiger partial charge in [0.25, 0.3) is 5.91 Å². The fourth-order valence-electron chi connectivity index (χ4n) is 2.88. The van der Waals surface area contributed by atoms with Crippen LogP contribution >= 0.6 is 11.6 Å². The van der Waals surface area contributed by atoms with E-state index in [9.17, 15) is 9.59 Å². The van der Waals surface area contributed by atoms with E-state index in [4.69, 9.17) is 16.0 Å². The Kier molecular flexibility index (Phi) is 5.01. The number of aryl methyl sites for hydroxylation is 1. The van der Waals surface area contributed by atoms with E-state index < -0.39 is 5.91 Å². The first-order valence-corrected chi connectivity index (χ1v) is 9.19. The first kappa shape index (κ1) is 18.7. The van der Waals surface area contributed by atoms with E-state index in [0.29, 0.717) is 33.4 Å². The van der Waals surface area contributed by atoms with Gasteiger partial charge in [-0.05, 0) is 48.5 Å². The minimum atomic E-state index is -0.397. The van der Waals surface area contributed by atoms with Crippen LogP contribution in [0.5, 0.6) is 0 Å². The number of anilines is 1. The van der Waals surface area contributed by atoms with Crippen molar-refractivity contribution in [3.8, 4) is 11.3 Å². The molecular formula is C22H16ClN3O3. The van der Waals surface area contributed by atoms with Gasteiger partial charge in [0, 0.05) is 36.3 Å². The van der Waals surface area contributed by atoms with Crippen LogP contribution < -0.4 is 5.32 Å². The average Bonchev–Trinajstić information content (AvgIpc) is 3.38. The van der Waals surface area contributed by atoms with Crippen molar-refractivity contribution in [2.75, 3.05) is 5.32 Å². The standard InChI is InChI=1S/C22H16ClN3O3/c1-26-13-12-24-21(26)20(27)14-6-8-15(9-7-14)25-22(28)19-11-10-18(29-19)16-4-2-3-5-17(16)23/h2-13H,1H3,(H,25,28). The number of ketones is 1. The minimum Gasteiger partial charge on any atom is -0.451 e. The number of furan rings is 1. The molecule has 144 valence electrons. The molecule has 1 amide bonds. The number of nitrogens with zero attached hydrogens (tertiary/aromatic N) is 2. The second kappa shape index (κ2) is 7.77. The summed E-state index contributed by atoms with van der Waals surface area (Å²) in [6, 6.07) is 17.1. The van der Waals surface area contributed by atoms with Crippen molar-refractivity contribution in [2.24, 2.45) is 7.05 Å². The second-order valence-electron chi connectivity index (χ2n) is 6.37. The molecule has 0 atom stereocenters. The topological polar surface area (TPSA) is 77.1 Å². The zero-order chi connectivity index (χ0) is 20.4. The predicted molar refractivity (Wildman–Crippen MR) is 110 cm³/mol. The number of nitrogens with one attached hydrogen (secondary N) is 1. The van der Waals surface area contributed by atoms with Crippen molar-refractivity contribution >= 4 is 29.0 Å². The van der Waals surface area contributed by atoms with Crippen molar-refractivity contribution in [3.63, 3.8) is 0 Å². The molecule has 4 aromatic rings. The third-order valence-corrected chi connectivity index (χ3v) is 4.73. The lowest BCUT2D eigenvalue weighted by Gasteiger charge is -2.05. The zero-order valence-corrected chi connectivity index (χ0v) is 16.2. The highest BCUT2D eigenvalue weighted by atomic mass is 35.5. The lowest BCUT2D eigenvalue weighted by atomic mass is 10.1. The van der Waals surface area contributed by atoms with Gasteiger partial charge in [0.15, 0.2) is 11.6 Å². The monoisotopic (exact) mass is 405 g/mol. The molecule has 0 fully saturated rings. The molecule has 0 unspecified atom stereocenters. The maximum atomic E-state index is 12.5. The average molecular weight is 406 g/mol. The number of hydrogen-bond acceptors (Lipinski definition) is 4. The van der Waals surface area contributed by atoms with Crippen molar-refractivity contribution in [1.82, 2.24) is 9.55 Å². The van der Waals surface area contributed by atoms with Crippen molar-refractivity contribution < 1.29 is 14.0 Å². The fourth-order valence-corrected chi connectivity index (χ4v) is 3.11. The molecule has 7 heteroatoms. The summed E-state index contributed by atoms with van der Waals surface area (Å²) >= 11 is 6.17. The van der Waals surface area contributed by atoms with E-state index in [1.165, 1.54) is 0 Å². The molecule has 0 aliphatic carbocycles. The van der Waals surface area contributed by atoms with E-state index in [1.54, 1.807) is 66.5 Å². The molecule has 6 nitrogen and oxygen atoms in total. The van der Waals surface area contributed by atoms with Crippen LogP contribution in [0.3, 0.4) is 0 Å². The number of halogens is 1. The highest BCUT2D eigenvalue weighted by Gasteiger charge is 2.16. The molecule has 2 heterocycles. The molecule has 0 saturated carbocycles.